The van der Waals surface area contributed by atoms with Crippen LogP contribution in [0, 0.1) is 0 Å². The van der Waals surface area contributed by atoms with Gasteiger partial charge in [-0.1, -0.05) is 38.1 Å². The smallest absolute Gasteiger partial charge is 0.119 e. The van der Waals surface area contributed by atoms with Gasteiger partial charge in [-0.05, 0) is 17.0 Å². The quantitative estimate of drug-likeness (QED) is 0.762. The molecule has 1 aromatic carbocycles. The molecule has 1 rings (SSSR count). The predicted molar refractivity (Wildman–Crippen MR) is 51.5 cm³/mol. The van der Waals surface area contributed by atoms with Gasteiger partial charge < -0.3 is 5.11 Å². The van der Waals surface area contributed by atoms with Gasteiger partial charge in [0, 0.05) is 0 Å². The van der Waals surface area contributed by atoms with Crippen molar-refractivity contribution in [2.24, 2.45) is 0 Å². The van der Waals surface area contributed by atoms with E-state index in [-0.39, 0.29) is 0 Å². The second-order valence-electron chi connectivity index (χ2n) is 3.49. The summed E-state index contributed by atoms with van der Waals surface area (Å²) >= 11 is 0. The van der Waals surface area contributed by atoms with E-state index in [1.807, 2.05) is 12.1 Å². The SMILES string of the molecule is CC(C)c1ccc(C(O)CF)cc1. The Morgan fingerprint density at radius 2 is 1.62 bits per heavy atom. The van der Waals surface area contributed by atoms with E-state index in [9.17, 15) is 9.50 Å². The van der Waals surface area contributed by atoms with Crippen molar-refractivity contribution in [1.82, 2.24) is 0 Å². The highest BCUT2D eigenvalue weighted by Gasteiger charge is 2.06. The lowest BCUT2D eigenvalue weighted by atomic mass is 10.0. The highest BCUT2D eigenvalue weighted by Crippen LogP contribution is 2.18. The van der Waals surface area contributed by atoms with Crippen LogP contribution in [0.2, 0.25) is 0 Å². The summed E-state index contributed by atoms with van der Waals surface area (Å²) in [6, 6.07) is 7.41. The van der Waals surface area contributed by atoms with Crippen molar-refractivity contribution in [2.75, 3.05) is 6.67 Å². The first kappa shape index (κ1) is 10.2. The molecule has 72 valence electrons. The highest BCUT2D eigenvalue weighted by atomic mass is 19.1. The van der Waals surface area contributed by atoms with Crippen LogP contribution in [0.4, 0.5) is 4.39 Å². The monoisotopic (exact) mass is 182 g/mol. The predicted octanol–water partition coefficient (Wildman–Crippen LogP) is 2.81. The van der Waals surface area contributed by atoms with Gasteiger partial charge in [-0.2, -0.15) is 0 Å². The average Bonchev–Trinajstić information content (AvgIpc) is 2.17. The van der Waals surface area contributed by atoms with Crippen LogP contribution in [-0.2, 0) is 0 Å². The van der Waals surface area contributed by atoms with E-state index in [4.69, 9.17) is 0 Å². The van der Waals surface area contributed by atoms with Gasteiger partial charge in [-0.3, -0.25) is 0 Å². The topological polar surface area (TPSA) is 20.2 Å². The third-order valence-corrected chi connectivity index (χ3v) is 2.13. The van der Waals surface area contributed by atoms with Crippen molar-refractivity contribution in [3.63, 3.8) is 0 Å². The van der Waals surface area contributed by atoms with Crippen molar-refractivity contribution in [2.45, 2.75) is 25.9 Å². The second kappa shape index (κ2) is 4.38. The molecule has 0 amide bonds. The summed E-state index contributed by atoms with van der Waals surface area (Å²) in [6.45, 7) is 3.47. The lowest BCUT2D eigenvalue weighted by Crippen LogP contribution is -1.99. The molecule has 0 spiro atoms. The Kier molecular flexibility index (Phi) is 3.43. The van der Waals surface area contributed by atoms with Crippen LogP contribution in [0.1, 0.15) is 37.0 Å². The van der Waals surface area contributed by atoms with Gasteiger partial charge in [0.05, 0.1) is 0 Å². The number of alkyl halides is 1. The number of aliphatic hydroxyl groups is 1. The van der Waals surface area contributed by atoms with Crippen molar-refractivity contribution in [1.29, 1.82) is 0 Å². The molecule has 13 heavy (non-hydrogen) atoms. The maximum atomic E-state index is 12.1. The van der Waals surface area contributed by atoms with E-state index in [0.717, 1.165) is 0 Å². The number of halogens is 1. The zero-order valence-corrected chi connectivity index (χ0v) is 8.00. The van der Waals surface area contributed by atoms with E-state index in [0.29, 0.717) is 11.5 Å². The molecule has 0 saturated heterocycles. The van der Waals surface area contributed by atoms with Gasteiger partial charge in [0.25, 0.3) is 0 Å². The number of benzene rings is 1. The van der Waals surface area contributed by atoms with Gasteiger partial charge in [-0.25, -0.2) is 4.39 Å². The first-order valence-corrected chi connectivity index (χ1v) is 4.49. The Balaban J connectivity index is 2.81. The summed E-state index contributed by atoms with van der Waals surface area (Å²) in [7, 11) is 0. The fourth-order valence-electron chi connectivity index (χ4n) is 1.19. The summed E-state index contributed by atoms with van der Waals surface area (Å²) in [5.41, 5.74) is 1.85. The molecule has 2 heteroatoms. The summed E-state index contributed by atoms with van der Waals surface area (Å²) < 4.78 is 12.1. The first-order chi connectivity index (χ1) is 6.15. The lowest BCUT2D eigenvalue weighted by molar-refractivity contribution is 0.142. The summed E-state index contributed by atoms with van der Waals surface area (Å²) in [5, 5.41) is 9.18. The van der Waals surface area contributed by atoms with Crippen LogP contribution in [0.25, 0.3) is 0 Å². The van der Waals surface area contributed by atoms with Gasteiger partial charge in [0.1, 0.15) is 12.8 Å². The van der Waals surface area contributed by atoms with E-state index in [1.54, 1.807) is 12.1 Å². The maximum absolute atomic E-state index is 12.1. The zero-order chi connectivity index (χ0) is 9.84. The molecule has 0 saturated carbocycles. The zero-order valence-electron chi connectivity index (χ0n) is 8.00. The molecule has 0 fully saturated rings. The summed E-state index contributed by atoms with van der Waals surface area (Å²) in [6.07, 6.45) is -0.971. The fraction of sp³-hybridized carbons (Fsp3) is 0.455. The minimum atomic E-state index is -0.971. The van der Waals surface area contributed by atoms with Crippen LogP contribution in [0.3, 0.4) is 0 Å². The van der Waals surface area contributed by atoms with Gasteiger partial charge in [0.2, 0.25) is 0 Å². The Hall–Kier alpha value is -0.890. The Morgan fingerprint density at radius 1 is 1.15 bits per heavy atom. The van der Waals surface area contributed by atoms with Crippen LogP contribution in [-0.4, -0.2) is 11.8 Å². The van der Waals surface area contributed by atoms with E-state index in [1.165, 1.54) is 5.56 Å². The van der Waals surface area contributed by atoms with Crippen molar-refractivity contribution in [3.05, 3.63) is 35.4 Å². The van der Waals surface area contributed by atoms with E-state index < -0.39 is 12.8 Å². The van der Waals surface area contributed by atoms with Crippen molar-refractivity contribution in [3.8, 4) is 0 Å². The highest BCUT2D eigenvalue weighted by molar-refractivity contribution is 5.26. The summed E-state index contributed by atoms with van der Waals surface area (Å²) in [5.74, 6) is 0.469. The van der Waals surface area contributed by atoms with E-state index in [2.05, 4.69) is 13.8 Å². The van der Waals surface area contributed by atoms with Gasteiger partial charge in [-0.15, -0.1) is 0 Å². The number of aliphatic hydroxyl groups excluding tert-OH is 1. The Bertz CT molecular complexity index is 253. The Labute approximate surface area is 78.2 Å². The van der Waals surface area contributed by atoms with Gasteiger partial charge >= 0.3 is 0 Å². The fourth-order valence-corrected chi connectivity index (χ4v) is 1.19. The van der Waals surface area contributed by atoms with Crippen LogP contribution >= 0.6 is 0 Å². The third kappa shape index (κ3) is 2.52. The summed E-state index contributed by atoms with van der Waals surface area (Å²) in [4.78, 5) is 0. The van der Waals surface area contributed by atoms with E-state index >= 15 is 0 Å². The molecule has 1 unspecified atom stereocenters. The minimum absolute atomic E-state index is 0.469. The van der Waals surface area contributed by atoms with Crippen LogP contribution < -0.4 is 0 Å². The molecule has 1 atom stereocenters. The molecule has 0 bridgehead atoms. The lowest BCUT2D eigenvalue weighted by Gasteiger charge is -2.09. The number of hydrogen-bond acceptors (Lipinski definition) is 1. The number of rotatable bonds is 3. The first-order valence-electron chi connectivity index (χ1n) is 4.49. The van der Waals surface area contributed by atoms with Crippen molar-refractivity contribution >= 4 is 0 Å². The van der Waals surface area contributed by atoms with Crippen LogP contribution in [0.15, 0.2) is 24.3 Å². The molecule has 1 N–H and O–H groups in total. The largest absolute Gasteiger partial charge is 0.386 e. The van der Waals surface area contributed by atoms with Crippen molar-refractivity contribution < 1.29 is 9.50 Å². The molecule has 0 aliphatic carbocycles. The molecule has 1 nitrogen and oxygen atoms in total. The third-order valence-electron chi connectivity index (χ3n) is 2.13. The second-order valence-corrected chi connectivity index (χ2v) is 3.49. The molecule has 0 aliphatic rings. The standard InChI is InChI=1S/C11H15FO/c1-8(2)9-3-5-10(6-4-9)11(13)7-12/h3-6,8,11,13H,7H2,1-2H3. The molecule has 0 aromatic heterocycles. The average molecular weight is 182 g/mol. The molecular formula is C11H15FO. The van der Waals surface area contributed by atoms with Crippen LogP contribution in [0.5, 0.6) is 0 Å². The minimum Gasteiger partial charge on any atom is -0.386 e. The molecule has 0 radical (unpaired) electrons. The molecule has 0 aliphatic heterocycles. The molecular weight excluding hydrogens is 167 g/mol. The number of hydrogen-bond donors (Lipinski definition) is 1. The maximum Gasteiger partial charge on any atom is 0.119 e. The normalized spacial score (nSPS) is 13.3. The molecule has 1 aromatic rings. The van der Waals surface area contributed by atoms with Gasteiger partial charge in [0.15, 0.2) is 0 Å². The molecule has 0 heterocycles. The Morgan fingerprint density at radius 3 is 2.00 bits per heavy atom.